The summed E-state index contributed by atoms with van der Waals surface area (Å²) in [5.74, 6) is 0.624. The van der Waals surface area contributed by atoms with Gasteiger partial charge in [0.05, 0.1) is 5.75 Å². The first-order valence-corrected chi connectivity index (χ1v) is 6.10. The minimum Gasteiger partial charge on any atom is -0.212 e. The van der Waals surface area contributed by atoms with Gasteiger partial charge in [-0.2, -0.15) is 0 Å². The fraction of sp³-hybridized carbons (Fsp3) is 0.778. The Hall–Kier alpha value is -0.350. The van der Waals surface area contributed by atoms with Crippen LogP contribution in [0.3, 0.4) is 0 Å². The Balaban J connectivity index is 3.88. The molecule has 0 spiro atoms. The van der Waals surface area contributed by atoms with E-state index in [1.807, 2.05) is 13.8 Å². The van der Waals surface area contributed by atoms with E-state index in [1.54, 1.807) is 6.92 Å². The highest BCUT2D eigenvalue weighted by molar-refractivity contribution is 7.89. The van der Waals surface area contributed by atoms with Crippen molar-refractivity contribution in [2.75, 3.05) is 12.3 Å². The molecule has 13 heavy (non-hydrogen) atoms. The van der Waals surface area contributed by atoms with Gasteiger partial charge in [0.15, 0.2) is 0 Å². The largest absolute Gasteiger partial charge is 0.212 e. The van der Waals surface area contributed by atoms with Gasteiger partial charge in [-0.15, -0.1) is 0 Å². The molecule has 0 fully saturated rings. The second-order valence-electron chi connectivity index (χ2n) is 3.78. The molecule has 0 amide bonds. The van der Waals surface area contributed by atoms with Gasteiger partial charge in [0.2, 0.25) is 10.0 Å². The molecule has 0 radical (unpaired) electrons. The van der Waals surface area contributed by atoms with Crippen molar-refractivity contribution in [3.8, 4) is 0 Å². The van der Waals surface area contributed by atoms with Crippen molar-refractivity contribution in [1.29, 1.82) is 0 Å². The molecule has 0 aromatic rings. The highest BCUT2D eigenvalue weighted by Gasteiger charge is 2.09. The molecule has 0 aliphatic carbocycles. The number of nitrogens with one attached hydrogen (secondary N) is 1. The van der Waals surface area contributed by atoms with Crippen molar-refractivity contribution >= 4 is 10.0 Å². The lowest BCUT2D eigenvalue weighted by Gasteiger charge is -2.07. The van der Waals surface area contributed by atoms with Gasteiger partial charge in [-0.3, -0.25) is 0 Å². The molecule has 0 saturated carbocycles. The summed E-state index contributed by atoms with van der Waals surface area (Å²) < 4.78 is 25.1. The molecule has 0 saturated heterocycles. The molecule has 0 aliphatic heterocycles. The molecule has 0 bridgehead atoms. The lowest BCUT2D eigenvalue weighted by Crippen LogP contribution is -2.28. The van der Waals surface area contributed by atoms with Crippen LogP contribution in [-0.2, 0) is 10.0 Å². The predicted octanol–water partition coefficient (Wildman–Crippen LogP) is 1.53. The van der Waals surface area contributed by atoms with Gasteiger partial charge in [0.25, 0.3) is 0 Å². The quantitative estimate of drug-likeness (QED) is 0.668. The average Bonchev–Trinajstić information content (AvgIpc) is 1.98. The summed E-state index contributed by atoms with van der Waals surface area (Å²) in [6.07, 6.45) is 0.700. The van der Waals surface area contributed by atoms with Crippen LogP contribution in [0.1, 0.15) is 27.2 Å². The van der Waals surface area contributed by atoms with Crippen LogP contribution in [0.4, 0.5) is 0 Å². The SMILES string of the molecule is C=C(C)CNS(=O)(=O)CCC(C)C. The Labute approximate surface area is 81.3 Å². The summed E-state index contributed by atoms with van der Waals surface area (Å²) >= 11 is 0. The first-order valence-electron chi connectivity index (χ1n) is 4.45. The average molecular weight is 205 g/mol. The van der Waals surface area contributed by atoms with Crippen molar-refractivity contribution in [3.63, 3.8) is 0 Å². The summed E-state index contributed by atoms with van der Waals surface area (Å²) in [6.45, 7) is 9.79. The Morgan fingerprint density at radius 1 is 1.46 bits per heavy atom. The van der Waals surface area contributed by atoms with E-state index in [1.165, 1.54) is 0 Å². The van der Waals surface area contributed by atoms with Crippen molar-refractivity contribution < 1.29 is 8.42 Å². The minimum absolute atomic E-state index is 0.206. The molecule has 0 heterocycles. The van der Waals surface area contributed by atoms with Crippen LogP contribution in [0.25, 0.3) is 0 Å². The van der Waals surface area contributed by atoms with Gasteiger partial charge in [-0.05, 0) is 19.3 Å². The zero-order chi connectivity index (χ0) is 10.5. The zero-order valence-electron chi connectivity index (χ0n) is 8.63. The summed E-state index contributed by atoms with van der Waals surface area (Å²) in [6, 6.07) is 0. The molecule has 0 aliphatic rings. The maximum absolute atomic E-state index is 11.3. The van der Waals surface area contributed by atoms with E-state index in [0.29, 0.717) is 18.9 Å². The lowest BCUT2D eigenvalue weighted by molar-refractivity contribution is 0.564. The summed E-state index contributed by atoms with van der Waals surface area (Å²) in [4.78, 5) is 0. The molecule has 3 nitrogen and oxygen atoms in total. The van der Waals surface area contributed by atoms with Gasteiger partial charge in [-0.1, -0.05) is 26.0 Å². The maximum Gasteiger partial charge on any atom is 0.211 e. The molecular weight excluding hydrogens is 186 g/mol. The standard InChI is InChI=1S/C9H19NO2S/c1-8(2)5-6-13(11,12)10-7-9(3)4/h8,10H,3,5-7H2,1-2,4H3. The van der Waals surface area contributed by atoms with Crippen molar-refractivity contribution in [2.45, 2.75) is 27.2 Å². The van der Waals surface area contributed by atoms with Crippen molar-refractivity contribution in [2.24, 2.45) is 5.92 Å². The van der Waals surface area contributed by atoms with Gasteiger partial charge in [0, 0.05) is 6.54 Å². The minimum atomic E-state index is -3.08. The van der Waals surface area contributed by atoms with Crippen LogP contribution in [0.2, 0.25) is 0 Å². The van der Waals surface area contributed by atoms with Crippen LogP contribution in [-0.4, -0.2) is 20.7 Å². The molecular formula is C9H19NO2S. The summed E-state index contributed by atoms with van der Waals surface area (Å²) in [7, 11) is -3.08. The smallest absolute Gasteiger partial charge is 0.211 e. The van der Waals surface area contributed by atoms with E-state index in [9.17, 15) is 8.42 Å². The highest BCUT2D eigenvalue weighted by Crippen LogP contribution is 2.01. The molecule has 0 unspecified atom stereocenters. The zero-order valence-corrected chi connectivity index (χ0v) is 9.45. The fourth-order valence-electron chi connectivity index (χ4n) is 0.696. The van der Waals surface area contributed by atoms with Gasteiger partial charge in [0.1, 0.15) is 0 Å². The number of rotatable bonds is 6. The van der Waals surface area contributed by atoms with Crippen LogP contribution in [0, 0.1) is 5.92 Å². The third kappa shape index (κ3) is 7.99. The van der Waals surface area contributed by atoms with Gasteiger partial charge in [-0.25, -0.2) is 13.1 Å². The second-order valence-corrected chi connectivity index (χ2v) is 5.71. The molecule has 4 heteroatoms. The molecule has 1 N–H and O–H groups in total. The van der Waals surface area contributed by atoms with E-state index in [4.69, 9.17) is 0 Å². The first-order chi connectivity index (χ1) is 5.83. The van der Waals surface area contributed by atoms with E-state index in [-0.39, 0.29) is 5.75 Å². The molecule has 78 valence electrons. The molecule has 0 aromatic heterocycles. The third-order valence-electron chi connectivity index (χ3n) is 1.56. The number of sulfonamides is 1. The van der Waals surface area contributed by atoms with Crippen LogP contribution in [0.15, 0.2) is 12.2 Å². The summed E-state index contributed by atoms with van der Waals surface area (Å²) in [5, 5.41) is 0. The van der Waals surface area contributed by atoms with Crippen LogP contribution < -0.4 is 4.72 Å². The van der Waals surface area contributed by atoms with Crippen LogP contribution in [0.5, 0.6) is 0 Å². The van der Waals surface area contributed by atoms with E-state index in [0.717, 1.165) is 5.57 Å². The fourth-order valence-corrected chi connectivity index (χ4v) is 2.09. The predicted molar refractivity (Wildman–Crippen MR) is 56.1 cm³/mol. The van der Waals surface area contributed by atoms with Crippen molar-refractivity contribution in [3.05, 3.63) is 12.2 Å². The molecule has 0 rings (SSSR count). The normalized spacial score (nSPS) is 12.0. The Kier molecular flexibility index (Phi) is 5.25. The lowest BCUT2D eigenvalue weighted by atomic mass is 10.2. The van der Waals surface area contributed by atoms with Gasteiger partial charge < -0.3 is 0 Å². The number of hydrogen-bond donors (Lipinski definition) is 1. The topological polar surface area (TPSA) is 46.2 Å². The van der Waals surface area contributed by atoms with Crippen molar-refractivity contribution in [1.82, 2.24) is 4.72 Å². The Bertz CT molecular complexity index is 255. The number of hydrogen-bond acceptors (Lipinski definition) is 2. The highest BCUT2D eigenvalue weighted by atomic mass is 32.2. The first kappa shape index (κ1) is 12.7. The van der Waals surface area contributed by atoms with E-state index < -0.39 is 10.0 Å². The Morgan fingerprint density at radius 2 is 2.00 bits per heavy atom. The maximum atomic E-state index is 11.3. The second kappa shape index (κ2) is 5.40. The summed E-state index contributed by atoms with van der Waals surface area (Å²) in [5.41, 5.74) is 0.827. The molecule has 0 aromatic carbocycles. The van der Waals surface area contributed by atoms with Crippen LogP contribution >= 0.6 is 0 Å². The monoisotopic (exact) mass is 205 g/mol. The Morgan fingerprint density at radius 3 is 2.38 bits per heavy atom. The van der Waals surface area contributed by atoms with Gasteiger partial charge >= 0.3 is 0 Å². The molecule has 0 atom stereocenters. The van der Waals surface area contributed by atoms with E-state index in [2.05, 4.69) is 11.3 Å². The van der Waals surface area contributed by atoms with E-state index >= 15 is 0 Å². The third-order valence-corrected chi connectivity index (χ3v) is 2.92.